The summed E-state index contributed by atoms with van der Waals surface area (Å²) < 4.78 is 6.25. The van der Waals surface area contributed by atoms with Gasteiger partial charge in [-0.2, -0.15) is 0 Å². The first-order valence-electron chi connectivity index (χ1n) is 6.46. The lowest BCUT2D eigenvalue weighted by Crippen LogP contribution is -2.33. The SMILES string of the molecule is CCc1nc(Br)cc(NCC2(C)CCOCC2)n1. The van der Waals surface area contributed by atoms with Gasteiger partial charge in [-0.05, 0) is 34.2 Å². The molecule has 1 aromatic heterocycles. The second kappa shape index (κ2) is 5.97. The Bertz CT molecular complexity index is 405. The van der Waals surface area contributed by atoms with Crippen LogP contribution in [-0.2, 0) is 11.2 Å². The van der Waals surface area contributed by atoms with E-state index in [1.54, 1.807) is 0 Å². The Kier molecular flexibility index (Phi) is 4.56. The number of ether oxygens (including phenoxy) is 1. The van der Waals surface area contributed by atoms with Crippen LogP contribution < -0.4 is 5.32 Å². The average Bonchev–Trinajstić information content (AvgIpc) is 2.37. The van der Waals surface area contributed by atoms with Gasteiger partial charge in [0.25, 0.3) is 0 Å². The fourth-order valence-electron chi connectivity index (χ4n) is 2.06. The fourth-order valence-corrected chi connectivity index (χ4v) is 2.48. The van der Waals surface area contributed by atoms with Gasteiger partial charge in [-0.1, -0.05) is 13.8 Å². The van der Waals surface area contributed by atoms with Gasteiger partial charge in [0.1, 0.15) is 16.2 Å². The summed E-state index contributed by atoms with van der Waals surface area (Å²) >= 11 is 3.42. The van der Waals surface area contributed by atoms with Crippen LogP contribution in [0.5, 0.6) is 0 Å². The summed E-state index contributed by atoms with van der Waals surface area (Å²) in [6.45, 7) is 7.03. The molecule has 0 atom stereocenters. The zero-order valence-electron chi connectivity index (χ0n) is 11.0. The monoisotopic (exact) mass is 313 g/mol. The van der Waals surface area contributed by atoms with Crippen molar-refractivity contribution < 1.29 is 4.74 Å². The second-order valence-electron chi connectivity index (χ2n) is 5.12. The van der Waals surface area contributed by atoms with Crippen molar-refractivity contribution in [3.8, 4) is 0 Å². The van der Waals surface area contributed by atoms with E-state index >= 15 is 0 Å². The Hall–Kier alpha value is -0.680. The number of nitrogens with zero attached hydrogens (tertiary/aromatic N) is 2. The highest BCUT2D eigenvalue weighted by Gasteiger charge is 2.27. The zero-order valence-corrected chi connectivity index (χ0v) is 12.6. The van der Waals surface area contributed by atoms with Crippen molar-refractivity contribution in [3.63, 3.8) is 0 Å². The molecule has 0 aliphatic carbocycles. The topological polar surface area (TPSA) is 47.0 Å². The Morgan fingerprint density at radius 1 is 1.39 bits per heavy atom. The Morgan fingerprint density at radius 3 is 2.78 bits per heavy atom. The molecule has 0 aromatic carbocycles. The lowest BCUT2D eigenvalue weighted by atomic mass is 9.82. The quantitative estimate of drug-likeness (QED) is 0.868. The van der Waals surface area contributed by atoms with Gasteiger partial charge in [-0.3, -0.25) is 0 Å². The molecule has 2 rings (SSSR count). The van der Waals surface area contributed by atoms with Crippen LogP contribution in [0.2, 0.25) is 0 Å². The predicted octanol–water partition coefficient (Wildman–Crippen LogP) is 3.03. The van der Waals surface area contributed by atoms with Gasteiger partial charge in [-0.25, -0.2) is 9.97 Å². The fraction of sp³-hybridized carbons (Fsp3) is 0.692. The summed E-state index contributed by atoms with van der Waals surface area (Å²) in [5.74, 6) is 1.77. The first-order chi connectivity index (χ1) is 8.61. The van der Waals surface area contributed by atoms with Gasteiger partial charge in [0, 0.05) is 32.2 Å². The van der Waals surface area contributed by atoms with E-state index < -0.39 is 0 Å². The molecule has 100 valence electrons. The number of aryl methyl sites for hydroxylation is 1. The van der Waals surface area contributed by atoms with Gasteiger partial charge in [0.05, 0.1) is 0 Å². The maximum absolute atomic E-state index is 5.41. The molecule has 2 heterocycles. The third-order valence-corrected chi connectivity index (χ3v) is 3.86. The minimum Gasteiger partial charge on any atom is -0.381 e. The van der Waals surface area contributed by atoms with Crippen LogP contribution in [0.3, 0.4) is 0 Å². The standard InChI is InChI=1S/C13H20BrN3O/c1-3-11-16-10(14)8-12(17-11)15-9-13(2)4-6-18-7-5-13/h8H,3-7,9H2,1-2H3,(H,15,16,17). The minimum absolute atomic E-state index is 0.308. The molecule has 1 N–H and O–H groups in total. The molecular formula is C13H20BrN3O. The molecule has 0 spiro atoms. The van der Waals surface area contributed by atoms with Gasteiger partial charge in [0.2, 0.25) is 0 Å². The lowest BCUT2D eigenvalue weighted by Gasteiger charge is -2.33. The molecular weight excluding hydrogens is 294 g/mol. The maximum Gasteiger partial charge on any atom is 0.131 e. The highest BCUT2D eigenvalue weighted by atomic mass is 79.9. The van der Waals surface area contributed by atoms with E-state index in [2.05, 4.69) is 45.1 Å². The normalized spacial score (nSPS) is 18.6. The van der Waals surface area contributed by atoms with Crippen molar-refractivity contribution in [1.82, 2.24) is 9.97 Å². The third-order valence-electron chi connectivity index (χ3n) is 3.45. The summed E-state index contributed by atoms with van der Waals surface area (Å²) in [7, 11) is 0. The predicted molar refractivity (Wildman–Crippen MR) is 75.8 cm³/mol. The molecule has 0 amide bonds. The van der Waals surface area contributed by atoms with Gasteiger partial charge < -0.3 is 10.1 Å². The Balaban J connectivity index is 1.98. The molecule has 0 bridgehead atoms. The second-order valence-corrected chi connectivity index (χ2v) is 5.93. The van der Waals surface area contributed by atoms with E-state index in [0.29, 0.717) is 5.41 Å². The van der Waals surface area contributed by atoms with E-state index in [9.17, 15) is 0 Å². The molecule has 4 nitrogen and oxygen atoms in total. The largest absolute Gasteiger partial charge is 0.381 e. The van der Waals surface area contributed by atoms with Crippen LogP contribution in [0.25, 0.3) is 0 Å². The Labute approximate surface area is 117 Å². The summed E-state index contributed by atoms with van der Waals surface area (Å²) in [4.78, 5) is 8.79. The zero-order chi connectivity index (χ0) is 13.0. The number of hydrogen-bond donors (Lipinski definition) is 1. The summed E-state index contributed by atoms with van der Waals surface area (Å²) in [5.41, 5.74) is 0.308. The average molecular weight is 314 g/mol. The number of hydrogen-bond acceptors (Lipinski definition) is 4. The number of anilines is 1. The van der Waals surface area contributed by atoms with Crippen LogP contribution in [0.1, 0.15) is 32.5 Å². The van der Waals surface area contributed by atoms with Gasteiger partial charge in [0.15, 0.2) is 0 Å². The smallest absolute Gasteiger partial charge is 0.131 e. The molecule has 0 saturated carbocycles. The van der Waals surface area contributed by atoms with E-state index in [1.165, 1.54) is 0 Å². The van der Waals surface area contributed by atoms with Gasteiger partial charge >= 0.3 is 0 Å². The summed E-state index contributed by atoms with van der Waals surface area (Å²) in [6, 6.07) is 1.93. The van der Waals surface area contributed by atoms with E-state index in [0.717, 1.165) is 55.3 Å². The van der Waals surface area contributed by atoms with E-state index in [-0.39, 0.29) is 0 Å². The molecule has 1 aliphatic heterocycles. The molecule has 1 aliphatic rings. The van der Waals surface area contributed by atoms with Crippen molar-refractivity contribution in [2.24, 2.45) is 5.41 Å². The molecule has 18 heavy (non-hydrogen) atoms. The molecule has 1 aromatic rings. The van der Waals surface area contributed by atoms with E-state index in [4.69, 9.17) is 4.74 Å². The van der Waals surface area contributed by atoms with Crippen LogP contribution in [0, 0.1) is 5.41 Å². The molecule has 0 unspecified atom stereocenters. The first kappa shape index (κ1) is 13.7. The molecule has 1 saturated heterocycles. The molecule has 0 radical (unpaired) electrons. The third kappa shape index (κ3) is 3.65. The van der Waals surface area contributed by atoms with Crippen LogP contribution >= 0.6 is 15.9 Å². The number of nitrogens with one attached hydrogen (secondary N) is 1. The minimum atomic E-state index is 0.308. The molecule has 1 fully saturated rings. The molecule has 5 heteroatoms. The van der Waals surface area contributed by atoms with Crippen molar-refractivity contribution in [3.05, 3.63) is 16.5 Å². The summed E-state index contributed by atoms with van der Waals surface area (Å²) in [6.07, 6.45) is 3.05. The van der Waals surface area contributed by atoms with Crippen molar-refractivity contribution >= 4 is 21.7 Å². The number of halogens is 1. The van der Waals surface area contributed by atoms with Gasteiger partial charge in [-0.15, -0.1) is 0 Å². The highest BCUT2D eigenvalue weighted by Crippen LogP contribution is 2.29. The first-order valence-corrected chi connectivity index (χ1v) is 7.26. The van der Waals surface area contributed by atoms with Crippen molar-refractivity contribution in [2.75, 3.05) is 25.1 Å². The maximum atomic E-state index is 5.41. The number of aromatic nitrogens is 2. The summed E-state index contributed by atoms with van der Waals surface area (Å²) in [5, 5.41) is 3.43. The van der Waals surface area contributed by atoms with Crippen molar-refractivity contribution in [2.45, 2.75) is 33.1 Å². The van der Waals surface area contributed by atoms with Crippen LogP contribution in [0.4, 0.5) is 5.82 Å². The number of rotatable bonds is 4. The van der Waals surface area contributed by atoms with E-state index in [1.807, 2.05) is 6.07 Å². The highest BCUT2D eigenvalue weighted by molar-refractivity contribution is 9.10. The van der Waals surface area contributed by atoms with Crippen LogP contribution in [0.15, 0.2) is 10.7 Å². The van der Waals surface area contributed by atoms with Crippen LogP contribution in [-0.4, -0.2) is 29.7 Å². The lowest BCUT2D eigenvalue weighted by molar-refractivity contribution is 0.0299. The Morgan fingerprint density at radius 2 is 2.11 bits per heavy atom. The van der Waals surface area contributed by atoms with Crippen molar-refractivity contribution in [1.29, 1.82) is 0 Å².